The maximum Gasteiger partial charge on any atom is 0.255 e. The molecular weight excluding hydrogens is 167 g/mol. The average molecular weight is 177 g/mol. The number of morpholine rings is 1. The summed E-state index contributed by atoms with van der Waals surface area (Å²) in [4.78, 5) is 0. The van der Waals surface area contributed by atoms with E-state index in [2.05, 4.69) is 5.32 Å². The summed E-state index contributed by atoms with van der Waals surface area (Å²) in [7, 11) is 0. The average Bonchev–Trinajstić information content (AvgIpc) is 1.93. The van der Waals surface area contributed by atoms with E-state index >= 15 is 0 Å². The molecule has 1 fully saturated rings. The summed E-state index contributed by atoms with van der Waals surface area (Å²) >= 11 is -1.25. The van der Waals surface area contributed by atoms with Crippen molar-refractivity contribution in [3.05, 3.63) is 0 Å². The van der Waals surface area contributed by atoms with Crippen LogP contribution in [0.3, 0.4) is 0 Å². The Hall–Kier alpha value is 0.0600. The highest BCUT2D eigenvalue weighted by Crippen LogP contribution is 1.95. The highest BCUT2D eigenvalue weighted by Gasteiger charge is 1.96. The lowest BCUT2D eigenvalue weighted by molar-refractivity contribution is -0.670. The van der Waals surface area contributed by atoms with Crippen molar-refractivity contribution in [3.8, 4) is 0 Å². The Labute approximate surface area is 62.3 Å². The number of nitrogens with two attached hydrogens (primary N) is 1. The van der Waals surface area contributed by atoms with Crippen LogP contribution in [0.2, 0.25) is 0 Å². The molecule has 1 aliphatic heterocycles. The second-order valence-electron chi connectivity index (χ2n) is 1.54. The highest BCUT2D eigenvalue weighted by atomic mass is 32.2. The second-order valence-corrected chi connectivity index (χ2v) is 1.65. The van der Waals surface area contributed by atoms with Crippen LogP contribution < -0.4 is 10.0 Å². The van der Waals surface area contributed by atoms with Crippen LogP contribution in [0.25, 0.3) is 0 Å². The molecule has 0 aromatic heterocycles. The third-order valence-corrected chi connectivity index (χ3v) is 0.933. The van der Waals surface area contributed by atoms with Gasteiger partial charge in [0.05, 0.1) is 26.3 Å². The third-order valence-electron chi connectivity index (χ3n) is 0.933. The number of ether oxygens (including phenoxy) is 1. The molecule has 0 amide bonds. The van der Waals surface area contributed by atoms with Crippen LogP contribution in [0.5, 0.6) is 0 Å². The molecule has 0 spiro atoms. The molecule has 1 aliphatic rings. The van der Waals surface area contributed by atoms with Gasteiger partial charge in [-0.15, -0.1) is 7.77 Å². The van der Waals surface area contributed by atoms with Gasteiger partial charge in [-0.1, -0.05) is 0 Å². The Morgan fingerprint density at radius 1 is 1.20 bits per heavy atom. The lowest BCUT2D eigenvalue weighted by Crippen LogP contribution is -3.00. The van der Waals surface area contributed by atoms with Gasteiger partial charge in [-0.05, 0) is 0 Å². The van der Waals surface area contributed by atoms with Gasteiger partial charge in [-0.3, -0.25) is 0 Å². The molecule has 0 aliphatic carbocycles. The molecule has 10 heavy (non-hydrogen) atoms. The Morgan fingerprint density at radius 2 is 1.60 bits per heavy atom. The summed E-state index contributed by atoms with van der Waals surface area (Å²) in [6.45, 7) is 4.19. The highest BCUT2D eigenvalue weighted by molar-refractivity contribution is 7.89. The number of halogens is 3. The van der Waals surface area contributed by atoms with Crippen molar-refractivity contribution >= 4 is 12.5 Å². The molecular formula is C4H10F3NOS. The van der Waals surface area contributed by atoms with Crippen LogP contribution in [0, 0.1) is 0 Å². The molecule has 0 saturated carbocycles. The van der Waals surface area contributed by atoms with Crippen LogP contribution in [0.4, 0.5) is 7.77 Å². The van der Waals surface area contributed by atoms with E-state index in [1.807, 2.05) is 0 Å². The van der Waals surface area contributed by atoms with Crippen LogP contribution in [-0.2, 0) is 4.74 Å². The van der Waals surface area contributed by atoms with Gasteiger partial charge in [-0.25, -0.2) is 0 Å². The molecule has 2 nitrogen and oxygen atoms in total. The minimum absolute atomic E-state index is 0. The zero-order valence-corrected chi connectivity index (χ0v) is 6.17. The van der Waals surface area contributed by atoms with Crippen molar-refractivity contribution in [1.82, 2.24) is 0 Å². The van der Waals surface area contributed by atoms with Gasteiger partial charge in [0.15, 0.2) is 0 Å². The molecule has 0 aromatic rings. The lowest BCUT2D eigenvalue weighted by atomic mass is 10.5. The molecule has 0 aromatic carbocycles. The van der Waals surface area contributed by atoms with Gasteiger partial charge in [-0.2, -0.15) is 0 Å². The van der Waals surface area contributed by atoms with Crippen molar-refractivity contribution in [2.45, 2.75) is 0 Å². The molecule has 1 saturated heterocycles. The van der Waals surface area contributed by atoms with Crippen LogP contribution in [0.1, 0.15) is 0 Å². The van der Waals surface area contributed by atoms with Crippen LogP contribution in [0.15, 0.2) is 0 Å². The predicted molar refractivity (Wildman–Crippen MR) is 32.3 cm³/mol. The molecule has 2 N–H and O–H groups in total. The minimum atomic E-state index is -1.25. The molecule has 1 rings (SSSR count). The van der Waals surface area contributed by atoms with E-state index in [9.17, 15) is 7.77 Å². The Balaban J connectivity index is 0. The Bertz CT molecular complexity index is 44.3. The summed E-state index contributed by atoms with van der Waals surface area (Å²) in [5, 5.41) is 2.27. The van der Waals surface area contributed by atoms with Gasteiger partial charge < -0.3 is 14.8 Å². The topological polar surface area (TPSA) is 25.8 Å². The molecule has 0 unspecified atom stereocenters. The summed E-state index contributed by atoms with van der Waals surface area (Å²) < 4.78 is 24.1. The van der Waals surface area contributed by atoms with Gasteiger partial charge in [0, 0.05) is 0 Å². The van der Waals surface area contributed by atoms with Gasteiger partial charge in [0.25, 0.3) is 12.5 Å². The number of hydrogen-bond donors (Lipinski definition) is 1. The second kappa shape index (κ2) is 11.8. The maximum absolute atomic E-state index is 9.54. The monoisotopic (exact) mass is 177 g/mol. The summed E-state index contributed by atoms with van der Waals surface area (Å²) in [5.74, 6) is 0. The van der Waals surface area contributed by atoms with E-state index in [0.29, 0.717) is 0 Å². The van der Waals surface area contributed by atoms with Gasteiger partial charge in [0.1, 0.15) is 0 Å². The normalized spacial score (nSPS) is 16.2. The van der Waals surface area contributed by atoms with E-state index in [0.717, 1.165) is 26.3 Å². The summed E-state index contributed by atoms with van der Waals surface area (Å²) in [6.07, 6.45) is 0. The van der Waals surface area contributed by atoms with Crippen molar-refractivity contribution in [2.75, 3.05) is 26.3 Å². The van der Waals surface area contributed by atoms with Gasteiger partial charge >= 0.3 is 0 Å². The fourth-order valence-electron chi connectivity index (χ4n) is 0.580. The Kier molecular flexibility index (Phi) is 15.0. The molecule has 0 atom stereocenters. The molecule has 1 heterocycles. The fourth-order valence-corrected chi connectivity index (χ4v) is 0.580. The zero-order chi connectivity index (χ0) is 6.95. The van der Waals surface area contributed by atoms with E-state index in [1.54, 1.807) is 0 Å². The Morgan fingerprint density at radius 3 is 1.70 bits per heavy atom. The largest absolute Gasteiger partial charge is 1.00 e. The molecule has 64 valence electrons. The summed E-state index contributed by atoms with van der Waals surface area (Å²) in [5.41, 5.74) is 0. The van der Waals surface area contributed by atoms with Crippen molar-refractivity contribution in [3.63, 3.8) is 0 Å². The quantitative estimate of drug-likeness (QED) is 0.429. The van der Waals surface area contributed by atoms with Crippen molar-refractivity contribution in [1.29, 1.82) is 0 Å². The summed E-state index contributed by atoms with van der Waals surface area (Å²) in [6, 6.07) is 0. The first-order valence-corrected chi connectivity index (χ1v) is 3.32. The third kappa shape index (κ3) is 10.9. The fraction of sp³-hybridized carbons (Fsp3) is 1.00. The van der Waals surface area contributed by atoms with E-state index in [1.165, 1.54) is 0 Å². The van der Waals surface area contributed by atoms with Crippen molar-refractivity contribution in [2.24, 2.45) is 0 Å². The number of quaternary nitrogens is 1. The predicted octanol–water partition coefficient (Wildman–Crippen LogP) is -2.93. The van der Waals surface area contributed by atoms with E-state index < -0.39 is 12.5 Å². The first kappa shape index (κ1) is 12.7. The molecule has 0 bridgehead atoms. The van der Waals surface area contributed by atoms with Crippen molar-refractivity contribution < 1.29 is 22.5 Å². The first-order valence-electron chi connectivity index (χ1n) is 2.70. The zero-order valence-electron chi connectivity index (χ0n) is 5.36. The van der Waals surface area contributed by atoms with Crippen LogP contribution >= 0.6 is 12.5 Å². The van der Waals surface area contributed by atoms with E-state index in [-0.39, 0.29) is 4.70 Å². The molecule has 6 heteroatoms. The smallest absolute Gasteiger partial charge is 0.255 e. The van der Waals surface area contributed by atoms with Crippen LogP contribution in [-0.4, -0.2) is 26.3 Å². The van der Waals surface area contributed by atoms with E-state index in [4.69, 9.17) is 4.74 Å². The minimum Gasteiger partial charge on any atom is -1.00 e. The number of rotatable bonds is 0. The number of hydrogen-bond acceptors (Lipinski definition) is 2. The molecule has 0 radical (unpaired) electrons. The lowest BCUT2D eigenvalue weighted by Gasteiger charge is -2.07. The maximum atomic E-state index is 9.54. The standard InChI is InChI=1S/C4H9NO.F2S.FH/c1-3-6-4-2-5-1;1-3-2;/h5H,1-4H2;;1H. The first-order chi connectivity index (χ1) is 4.41. The van der Waals surface area contributed by atoms with Gasteiger partial charge in [0.2, 0.25) is 0 Å². The SMILES string of the molecule is C1COCC[NH2+]1.FSF.[F-].